The molecule has 0 spiro atoms. The molecule has 0 amide bonds. The fourth-order valence-electron chi connectivity index (χ4n) is 4.08. The van der Waals surface area contributed by atoms with Crippen LogP contribution < -0.4 is 20.9 Å². The molecule has 0 saturated heterocycles. The van der Waals surface area contributed by atoms with E-state index >= 15 is 0 Å². The first-order valence-corrected chi connectivity index (χ1v) is 14.5. The lowest BCUT2D eigenvalue weighted by Gasteiger charge is -2.23. The van der Waals surface area contributed by atoms with Crippen molar-refractivity contribution < 1.29 is 27.9 Å². The van der Waals surface area contributed by atoms with E-state index in [1.54, 1.807) is 12.1 Å². The van der Waals surface area contributed by atoms with Gasteiger partial charge in [0.25, 0.3) is 5.56 Å². The fraction of sp³-hybridized carbons (Fsp3) is 0.214. The molecule has 5 aromatic rings. The van der Waals surface area contributed by atoms with E-state index in [0.717, 1.165) is 16.3 Å². The summed E-state index contributed by atoms with van der Waals surface area (Å²) in [6.07, 6.45) is 1.39. The largest absolute Gasteiger partial charge is 0.460 e. The Morgan fingerprint density at radius 2 is 1.83 bits per heavy atom. The van der Waals surface area contributed by atoms with Gasteiger partial charge in [-0.05, 0) is 23.9 Å². The minimum absolute atomic E-state index is 0.0181. The third-order valence-corrected chi connectivity index (χ3v) is 7.77. The molecule has 1 unspecified atom stereocenters. The number of imidazole rings is 1. The van der Waals surface area contributed by atoms with Gasteiger partial charge >= 0.3 is 13.7 Å². The highest BCUT2D eigenvalue weighted by Crippen LogP contribution is 2.46. The summed E-state index contributed by atoms with van der Waals surface area (Å²) < 4.78 is 38.1. The predicted molar refractivity (Wildman–Crippen MR) is 155 cm³/mol. The number of fused-ring (bicyclic) bond motifs is 2. The summed E-state index contributed by atoms with van der Waals surface area (Å²) in [5, 5.41) is 4.28. The first kappa shape index (κ1) is 29.0. The van der Waals surface area contributed by atoms with E-state index in [0.29, 0.717) is 5.75 Å². The van der Waals surface area contributed by atoms with Gasteiger partial charge < -0.3 is 19.7 Å². The average molecular weight is 593 g/mol. The second kappa shape index (κ2) is 13.0. The molecule has 0 aliphatic rings. The second-order valence-corrected chi connectivity index (χ2v) is 10.9. The Kier molecular flexibility index (Phi) is 8.94. The number of H-pyrrole nitrogens is 1. The molecule has 0 bridgehead atoms. The number of nitrogens with one attached hydrogen (secondary N) is 2. The first-order chi connectivity index (χ1) is 20.3. The molecular weight excluding hydrogens is 563 g/mol. The van der Waals surface area contributed by atoms with Crippen LogP contribution in [0.25, 0.3) is 21.9 Å². The number of aromatic amines is 1. The number of nitrogens with two attached hydrogens (primary N) is 1. The summed E-state index contributed by atoms with van der Waals surface area (Å²) in [7, 11) is -4.13. The number of rotatable bonds is 13. The van der Waals surface area contributed by atoms with Crippen LogP contribution in [0.2, 0.25) is 0 Å². The molecule has 2 atom stereocenters. The number of ether oxygens (including phenoxy) is 2. The maximum Gasteiger partial charge on any atom is 0.459 e. The highest BCUT2D eigenvalue weighted by molar-refractivity contribution is 7.52. The number of benzene rings is 3. The van der Waals surface area contributed by atoms with Crippen LogP contribution in [0.4, 0.5) is 5.95 Å². The number of hydrogen-bond donors (Lipinski definition) is 3. The summed E-state index contributed by atoms with van der Waals surface area (Å²) >= 11 is 0. The van der Waals surface area contributed by atoms with Crippen LogP contribution in [-0.4, -0.2) is 44.7 Å². The zero-order valence-electron chi connectivity index (χ0n) is 22.6. The topological polar surface area (TPSA) is 173 Å². The number of nitrogen functional groups attached to an aromatic ring is 1. The van der Waals surface area contributed by atoms with Crippen molar-refractivity contribution in [1.29, 1.82) is 0 Å². The van der Waals surface area contributed by atoms with E-state index in [9.17, 15) is 14.2 Å². The first-order valence-electron chi connectivity index (χ1n) is 13.0. The van der Waals surface area contributed by atoms with Gasteiger partial charge in [0.15, 0.2) is 11.2 Å². The lowest BCUT2D eigenvalue weighted by Crippen LogP contribution is -2.35. The smallest absolute Gasteiger partial charge is 0.459 e. The van der Waals surface area contributed by atoms with Crippen molar-refractivity contribution in [3.63, 3.8) is 0 Å². The van der Waals surface area contributed by atoms with Crippen LogP contribution in [0.15, 0.2) is 83.9 Å². The van der Waals surface area contributed by atoms with Gasteiger partial charge in [0.05, 0.1) is 19.5 Å². The molecule has 0 radical (unpaired) electrons. The highest BCUT2D eigenvalue weighted by atomic mass is 31.2. The Bertz CT molecular complexity index is 1790. The molecule has 0 aliphatic carbocycles. The second-order valence-electron chi connectivity index (χ2n) is 9.22. The predicted octanol–water partition coefficient (Wildman–Crippen LogP) is 3.75. The summed E-state index contributed by atoms with van der Waals surface area (Å²) in [5.74, 6) is -0.366. The number of carbonyl (C=O) groups is 1. The van der Waals surface area contributed by atoms with Crippen molar-refractivity contribution in [3.05, 3.63) is 95.0 Å². The van der Waals surface area contributed by atoms with Gasteiger partial charge in [-0.25, -0.2) is 9.55 Å². The third-order valence-electron chi connectivity index (χ3n) is 6.11. The zero-order chi connectivity index (χ0) is 29.5. The number of hydrogen-bond acceptors (Lipinski definition) is 10. The maximum atomic E-state index is 14.0. The van der Waals surface area contributed by atoms with E-state index in [1.165, 1.54) is 17.8 Å². The van der Waals surface area contributed by atoms with Gasteiger partial charge in [-0.1, -0.05) is 66.7 Å². The molecule has 3 aromatic carbocycles. The molecule has 5 rings (SSSR count). The molecule has 2 heterocycles. The number of anilines is 1. The van der Waals surface area contributed by atoms with Crippen LogP contribution in [0.3, 0.4) is 0 Å². The Labute approximate surface area is 240 Å². The number of aromatic nitrogens is 4. The van der Waals surface area contributed by atoms with Crippen LogP contribution >= 0.6 is 7.75 Å². The Balaban J connectivity index is 1.25. The van der Waals surface area contributed by atoms with Gasteiger partial charge in [0.1, 0.15) is 25.1 Å². The molecule has 2 aromatic heterocycles. The van der Waals surface area contributed by atoms with Crippen molar-refractivity contribution in [2.45, 2.75) is 26.3 Å². The van der Waals surface area contributed by atoms with Gasteiger partial charge in [-0.3, -0.25) is 23.7 Å². The number of esters is 1. The van der Waals surface area contributed by atoms with Crippen molar-refractivity contribution in [3.8, 4) is 5.75 Å². The Morgan fingerprint density at radius 3 is 2.67 bits per heavy atom. The van der Waals surface area contributed by atoms with Crippen LogP contribution in [-0.2, 0) is 36.7 Å². The monoisotopic (exact) mass is 592 g/mol. The maximum absolute atomic E-state index is 14.0. The zero-order valence-corrected chi connectivity index (χ0v) is 23.5. The van der Waals surface area contributed by atoms with Gasteiger partial charge in [0, 0.05) is 5.39 Å². The summed E-state index contributed by atoms with van der Waals surface area (Å²) in [5.41, 5.74) is 6.36. The van der Waals surface area contributed by atoms with Crippen molar-refractivity contribution in [2.75, 3.05) is 18.9 Å². The lowest BCUT2D eigenvalue weighted by molar-refractivity contribution is -0.146. The quantitative estimate of drug-likeness (QED) is 0.103. The molecule has 218 valence electrons. The van der Waals surface area contributed by atoms with Gasteiger partial charge in [0.2, 0.25) is 5.95 Å². The highest BCUT2D eigenvalue weighted by Gasteiger charge is 2.32. The van der Waals surface area contributed by atoms with E-state index < -0.39 is 25.3 Å². The molecular formula is C28H29N6O7P. The molecule has 0 saturated carbocycles. The minimum atomic E-state index is -4.13. The van der Waals surface area contributed by atoms with Crippen molar-refractivity contribution >= 4 is 41.6 Å². The van der Waals surface area contributed by atoms with E-state index in [-0.39, 0.29) is 43.7 Å². The minimum Gasteiger partial charge on any atom is -0.460 e. The number of carbonyl (C=O) groups excluding carboxylic acids is 1. The van der Waals surface area contributed by atoms with Gasteiger partial charge in [-0.2, -0.15) is 10.1 Å². The Hall–Kier alpha value is -4.55. The third kappa shape index (κ3) is 7.01. The summed E-state index contributed by atoms with van der Waals surface area (Å²) in [6, 6.07) is 21.0. The van der Waals surface area contributed by atoms with Crippen LogP contribution in [0.1, 0.15) is 12.5 Å². The lowest BCUT2D eigenvalue weighted by atomic mass is 10.1. The molecule has 14 heteroatoms. The standard InChI is InChI=1S/C28H29N6O7P/c1-19(27(36)39-16-20-8-3-2-4-9-20)33-42(37,41-23-13-7-11-21-10-5-6-12-22(21)23)40-15-14-38-18-34-17-30-24-25(34)31-28(29)32-26(24)35/h2-13,17,19H,14-16,18H2,1H3,(H,33,37)(H3,29,31,32,35)/t19-,42?/m0/s1. The Morgan fingerprint density at radius 1 is 1.07 bits per heavy atom. The van der Waals surface area contributed by atoms with E-state index in [2.05, 4.69) is 20.0 Å². The van der Waals surface area contributed by atoms with E-state index in [1.807, 2.05) is 60.7 Å². The SMILES string of the molecule is C[C@H](NP(=O)(OCCOCn1cnc2c(=O)[nH]c(N)nc21)Oc1cccc2ccccc12)C(=O)OCc1ccccc1. The average Bonchev–Trinajstić information content (AvgIpc) is 3.39. The van der Waals surface area contributed by atoms with Crippen LogP contribution in [0.5, 0.6) is 5.75 Å². The van der Waals surface area contributed by atoms with Crippen molar-refractivity contribution in [1.82, 2.24) is 24.6 Å². The number of nitrogens with zero attached hydrogens (tertiary/aromatic N) is 3. The van der Waals surface area contributed by atoms with Gasteiger partial charge in [-0.15, -0.1) is 0 Å². The fourth-order valence-corrected chi connectivity index (χ4v) is 5.58. The molecule has 0 fully saturated rings. The molecule has 42 heavy (non-hydrogen) atoms. The normalized spacial score (nSPS) is 13.5. The van der Waals surface area contributed by atoms with Crippen LogP contribution in [0, 0.1) is 0 Å². The molecule has 13 nitrogen and oxygen atoms in total. The van der Waals surface area contributed by atoms with E-state index in [4.69, 9.17) is 24.3 Å². The molecule has 0 aliphatic heterocycles. The summed E-state index contributed by atoms with van der Waals surface area (Å²) in [6.45, 7) is 1.36. The summed E-state index contributed by atoms with van der Waals surface area (Å²) in [4.78, 5) is 35.2. The van der Waals surface area contributed by atoms with Crippen molar-refractivity contribution in [2.24, 2.45) is 0 Å². The molecule has 4 N–H and O–H groups in total.